The van der Waals surface area contributed by atoms with Crippen LogP contribution in [0.4, 0.5) is 0 Å². The van der Waals surface area contributed by atoms with E-state index in [2.05, 4.69) is 15.0 Å². The Morgan fingerprint density at radius 1 is 1.29 bits per heavy atom. The number of nitrogens with two attached hydrogens (primary N) is 1. The number of rotatable bonds is 5. The molecule has 0 saturated heterocycles. The molecular weight excluding hydrogens is 306 g/mol. The zero-order chi connectivity index (χ0) is 17.3. The minimum Gasteiger partial charge on any atom is -0.369 e. The number of carbonyl (C=O) groups is 2. The minimum atomic E-state index is -0.454. The lowest BCUT2D eigenvalue weighted by Gasteiger charge is -2.07. The Labute approximate surface area is 138 Å². The van der Waals surface area contributed by atoms with E-state index in [0.29, 0.717) is 22.2 Å². The highest BCUT2D eigenvalue weighted by Gasteiger charge is 2.20. The molecular formula is C17H17N5O2. The maximum absolute atomic E-state index is 12.9. The van der Waals surface area contributed by atoms with Gasteiger partial charge in [-0.3, -0.25) is 14.6 Å². The van der Waals surface area contributed by atoms with Crippen molar-refractivity contribution in [1.29, 1.82) is 0 Å². The second kappa shape index (κ2) is 6.19. The summed E-state index contributed by atoms with van der Waals surface area (Å²) in [5.41, 5.74) is 7.32. The van der Waals surface area contributed by atoms with Gasteiger partial charge in [0.2, 0.25) is 11.7 Å². The molecule has 24 heavy (non-hydrogen) atoms. The minimum absolute atomic E-state index is 0.0691. The van der Waals surface area contributed by atoms with Gasteiger partial charge in [0.25, 0.3) is 0 Å². The van der Waals surface area contributed by atoms with Crippen molar-refractivity contribution < 1.29 is 9.59 Å². The van der Waals surface area contributed by atoms with Crippen LogP contribution in [0, 0.1) is 0 Å². The molecule has 2 N–H and O–H groups in total. The predicted molar refractivity (Wildman–Crippen MR) is 88.5 cm³/mol. The topological polar surface area (TPSA) is 104 Å². The molecule has 7 nitrogen and oxygen atoms in total. The maximum atomic E-state index is 12.9. The van der Waals surface area contributed by atoms with Crippen molar-refractivity contribution in [2.45, 2.75) is 26.3 Å². The third-order valence-corrected chi connectivity index (χ3v) is 3.73. The van der Waals surface area contributed by atoms with Gasteiger partial charge in [0.15, 0.2) is 0 Å². The van der Waals surface area contributed by atoms with Crippen LogP contribution in [-0.2, 0) is 11.2 Å². The lowest BCUT2D eigenvalue weighted by molar-refractivity contribution is -0.117. The number of ketones is 1. The molecule has 3 aromatic heterocycles. The molecule has 7 heteroatoms. The molecule has 0 fully saturated rings. The van der Waals surface area contributed by atoms with Crippen LogP contribution in [0.15, 0.2) is 37.1 Å². The average molecular weight is 323 g/mol. The fourth-order valence-corrected chi connectivity index (χ4v) is 2.61. The van der Waals surface area contributed by atoms with Crippen LogP contribution < -0.4 is 5.73 Å². The molecule has 0 aromatic carbocycles. The fraction of sp³-hybridized carbons (Fsp3) is 0.235. The Morgan fingerprint density at radius 2 is 2.08 bits per heavy atom. The summed E-state index contributed by atoms with van der Waals surface area (Å²) < 4.78 is 1.93. The predicted octanol–water partition coefficient (Wildman–Crippen LogP) is 1.67. The van der Waals surface area contributed by atoms with Crippen LogP contribution in [0.2, 0.25) is 0 Å². The molecule has 1 amide bonds. The van der Waals surface area contributed by atoms with Crippen LogP contribution in [0.5, 0.6) is 0 Å². The van der Waals surface area contributed by atoms with E-state index in [1.54, 1.807) is 24.5 Å². The third-order valence-electron chi connectivity index (χ3n) is 3.73. The van der Waals surface area contributed by atoms with Crippen LogP contribution in [0.25, 0.3) is 11.0 Å². The highest BCUT2D eigenvalue weighted by Crippen LogP contribution is 2.24. The number of nitrogens with zero attached hydrogens (tertiary/aromatic N) is 4. The van der Waals surface area contributed by atoms with E-state index in [-0.39, 0.29) is 23.9 Å². The van der Waals surface area contributed by atoms with E-state index in [1.165, 1.54) is 12.5 Å². The van der Waals surface area contributed by atoms with Crippen molar-refractivity contribution in [3.05, 3.63) is 53.9 Å². The first-order valence-corrected chi connectivity index (χ1v) is 7.56. The summed E-state index contributed by atoms with van der Waals surface area (Å²) in [4.78, 5) is 36.4. The highest BCUT2D eigenvalue weighted by atomic mass is 16.1. The Morgan fingerprint density at radius 3 is 2.79 bits per heavy atom. The summed E-state index contributed by atoms with van der Waals surface area (Å²) in [6.07, 6.45) is 6.43. The largest absolute Gasteiger partial charge is 0.369 e. The summed E-state index contributed by atoms with van der Waals surface area (Å²) in [7, 11) is 0. The highest BCUT2D eigenvalue weighted by molar-refractivity contribution is 6.15. The molecule has 0 aliphatic heterocycles. The molecule has 122 valence electrons. The standard InChI is InChI=1S/C17H17N5O2/c1-10(2)22-8-13(12-7-19-9-21-17(12)22)16(24)14-5-11(3-4-20-14)6-15(18)23/h3-5,7-10H,6H2,1-2H3,(H2,18,23). The van der Waals surface area contributed by atoms with Gasteiger partial charge in [-0.2, -0.15) is 0 Å². The number of carbonyl (C=O) groups excluding carboxylic acids is 2. The fourth-order valence-electron chi connectivity index (χ4n) is 2.61. The van der Waals surface area contributed by atoms with Gasteiger partial charge in [-0.05, 0) is 31.5 Å². The molecule has 0 bridgehead atoms. The number of amides is 1. The second-order valence-electron chi connectivity index (χ2n) is 5.83. The average Bonchev–Trinajstić information content (AvgIpc) is 2.93. The number of fused-ring (bicyclic) bond motifs is 1. The molecule has 0 atom stereocenters. The quantitative estimate of drug-likeness (QED) is 0.719. The van der Waals surface area contributed by atoms with Crippen LogP contribution >= 0.6 is 0 Å². The van der Waals surface area contributed by atoms with Crippen molar-refractivity contribution in [1.82, 2.24) is 19.5 Å². The first-order valence-electron chi connectivity index (χ1n) is 7.56. The Hall–Kier alpha value is -3.09. The van der Waals surface area contributed by atoms with E-state index in [0.717, 1.165) is 0 Å². The summed E-state index contributed by atoms with van der Waals surface area (Å²) in [6.45, 7) is 4.03. The smallest absolute Gasteiger partial charge is 0.221 e. The molecule has 3 heterocycles. The molecule has 0 spiro atoms. The Kier molecular flexibility index (Phi) is 4.07. The normalized spacial score (nSPS) is 11.1. The number of hydrogen-bond acceptors (Lipinski definition) is 5. The number of pyridine rings is 1. The molecule has 0 radical (unpaired) electrons. The van der Waals surface area contributed by atoms with Gasteiger partial charge < -0.3 is 10.3 Å². The van der Waals surface area contributed by atoms with Crippen molar-refractivity contribution in [3.8, 4) is 0 Å². The van der Waals surface area contributed by atoms with Gasteiger partial charge in [-0.1, -0.05) is 0 Å². The van der Waals surface area contributed by atoms with E-state index >= 15 is 0 Å². The lowest BCUT2D eigenvalue weighted by Crippen LogP contribution is -2.14. The van der Waals surface area contributed by atoms with Crippen molar-refractivity contribution in [2.75, 3.05) is 0 Å². The van der Waals surface area contributed by atoms with Gasteiger partial charge in [0, 0.05) is 30.0 Å². The van der Waals surface area contributed by atoms with Gasteiger partial charge in [-0.25, -0.2) is 9.97 Å². The summed E-state index contributed by atoms with van der Waals surface area (Å²) in [5.74, 6) is -0.690. The molecule has 0 unspecified atom stereocenters. The van der Waals surface area contributed by atoms with E-state index in [4.69, 9.17) is 5.73 Å². The number of aromatic nitrogens is 4. The zero-order valence-corrected chi connectivity index (χ0v) is 13.4. The van der Waals surface area contributed by atoms with Crippen molar-refractivity contribution in [3.63, 3.8) is 0 Å². The lowest BCUT2D eigenvalue weighted by atomic mass is 10.1. The molecule has 0 saturated carbocycles. The molecule has 3 rings (SSSR count). The number of primary amides is 1. The first-order chi connectivity index (χ1) is 11.5. The number of hydrogen-bond donors (Lipinski definition) is 1. The molecule has 0 aliphatic rings. The van der Waals surface area contributed by atoms with Gasteiger partial charge in [-0.15, -0.1) is 0 Å². The Balaban J connectivity index is 2.08. The Bertz CT molecular complexity index is 930. The summed E-state index contributed by atoms with van der Waals surface area (Å²) in [6, 6.07) is 3.41. The van der Waals surface area contributed by atoms with Crippen LogP contribution in [0.3, 0.4) is 0 Å². The maximum Gasteiger partial charge on any atom is 0.221 e. The van der Waals surface area contributed by atoms with E-state index in [9.17, 15) is 9.59 Å². The monoisotopic (exact) mass is 323 g/mol. The zero-order valence-electron chi connectivity index (χ0n) is 13.4. The van der Waals surface area contributed by atoms with Gasteiger partial charge in [0.05, 0.1) is 12.0 Å². The third kappa shape index (κ3) is 2.88. The SMILES string of the molecule is CC(C)n1cc(C(=O)c2cc(CC(N)=O)ccn2)c2cncnc21. The van der Waals surface area contributed by atoms with E-state index in [1.807, 2.05) is 18.4 Å². The molecule has 3 aromatic rings. The van der Waals surface area contributed by atoms with Crippen LogP contribution in [0.1, 0.15) is 41.5 Å². The van der Waals surface area contributed by atoms with E-state index < -0.39 is 5.91 Å². The van der Waals surface area contributed by atoms with Crippen molar-refractivity contribution in [2.24, 2.45) is 5.73 Å². The van der Waals surface area contributed by atoms with Gasteiger partial charge in [0.1, 0.15) is 17.7 Å². The second-order valence-corrected chi connectivity index (χ2v) is 5.83. The van der Waals surface area contributed by atoms with Crippen LogP contribution in [-0.4, -0.2) is 31.2 Å². The summed E-state index contributed by atoms with van der Waals surface area (Å²) >= 11 is 0. The first kappa shape index (κ1) is 15.8. The molecule has 0 aliphatic carbocycles. The van der Waals surface area contributed by atoms with Gasteiger partial charge >= 0.3 is 0 Å². The van der Waals surface area contributed by atoms with Crippen molar-refractivity contribution >= 4 is 22.7 Å². The summed E-state index contributed by atoms with van der Waals surface area (Å²) in [5, 5.41) is 0.679.